The van der Waals surface area contributed by atoms with Crippen LogP contribution in [0, 0.1) is 5.82 Å². The lowest BCUT2D eigenvalue weighted by Gasteiger charge is -2.32. The summed E-state index contributed by atoms with van der Waals surface area (Å²) in [6, 6.07) is 2.39. The van der Waals surface area contributed by atoms with Crippen LogP contribution >= 0.6 is 11.6 Å². The van der Waals surface area contributed by atoms with Gasteiger partial charge in [-0.1, -0.05) is 11.6 Å². The second-order valence-electron chi connectivity index (χ2n) is 5.75. The zero-order valence-corrected chi connectivity index (χ0v) is 12.4. The van der Waals surface area contributed by atoms with Crippen molar-refractivity contribution in [3.8, 4) is 0 Å². The molecule has 1 N–H and O–H groups in total. The fourth-order valence-electron chi connectivity index (χ4n) is 1.91. The van der Waals surface area contributed by atoms with E-state index in [0.29, 0.717) is 0 Å². The number of hydrogen-bond acceptors (Lipinski definition) is 3. The fraction of sp³-hybridized carbons (Fsp3) is 0.462. The highest BCUT2D eigenvalue weighted by Gasteiger charge is 2.52. The van der Waals surface area contributed by atoms with Crippen LogP contribution in [0.3, 0.4) is 0 Å². The standard InChI is InChI=1S/C13H15BClFO4/c1-12(2)13(3,4)20-14(19-12)9-6-7(15)5-8(10(9)16)11(17)18/h5-6H,1-4H3,(H,17,18). The number of carboxylic acid groups (broad SMARTS) is 1. The Balaban J connectivity index is 2.48. The molecule has 0 aromatic heterocycles. The highest BCUT2D eigenvalue weighted by molar-refractivity contribution is 6.62. The molecule has 1 heterocycles. The normalized spacial score (nSPS) is 20.2. The second-order valence-corrected chi connectivity index (χ2v) is 6.19. The first-order valence-corrected chi connectivity index (χ1v) is 6.51. The molecule has 0 bridgehead atoms. The van der Waals surface area contributed by atoms with Crippen molar-refractivity contribution in [1.29, 1.82) is 0 Å². The van der Waals surface area contributed by atoms with Gasteiger partial charge in [-0.25, -0.2) is 9.18 Å². The van der Waals surface area contributed by atoms with Crippen molar-refractivity contribution in [2.75, 3.05) is 0 Å². The Labute approximate surface area is 122 Å². The van der Waals surface area contributed by atoms with Gasteiger partial charge in [-0.15, -0.1) is 0 Å². The number of carboxylic acids is 1. The Kier molecular flexibility index (Phi) is 3.61. The molecule has 0 amide bonds. The number of benzene rings is 1. The molecular weight excluding hydrogens is 285 g/mol. The molecule has 1 aliphatic heterocycles. The number of rotatable bonds is 2. The Morgan fingerprint density at radius 1 is 1.25 bits per heavy atom. The Morgan fingerprint density at radius 2 is 1.75 bits per heavy atom. The van der Waals surface area contributed by atoms with Crippen LogP contribution in [0.2, 0.25) is 5.02 Å². The van der Waals surface area contributed by atoms with Gasteiger partial charge in [-0.3, -0.25) is 0 Å². The minimum Gasteiger partial charge on any atom is -0.478 e. The van der Waals surface area contributed by atoms with Crippen LogP contribution in [-0.2, 0) is 9.31 Å². The molecule has 0 unspecified atom stereocenters. The number of halogens is 2. The average Bonchev–Trinajstić information content (AvgIpc) is 2.50. The summed E-state index contributed by atoms with van der Waals surface area (Å²) in [4.78, 5) is 11.0. The van der Waals surface area contributed by atoms with E-state index in [1.165, 1.54) is 6.07 Å². The zero-order valence-electron chi connectivity index (χ0n) is 11.7. The molecule has 0 atom stereocenters. The van der Waals surface area contributed by atoms with Gasteiger partial charge in [0.15, 0.2) is 0 Å². The Morgan fingerprint density at radius 3 is 2.20 bits per heavy atom. The van der Waals surface area contributed by atoms with E-state index in [0.717, 1.165) is 6.07 Å². The van der Waals surface area contributed by atoms with Crippen molar-refractivity contribution in [2.45, 2.75) is 38.9 Å². The van der Waals surface area contributed by atoms with Gasteiger partial charge in [0, 0.05) is 10.5 Å². The van der Waals surface area contributed by atoms with E-state index in [4.69, 9.17) is 26.0 Å². The molecular formula is C13H15BClFO4. The Hall–Kier alpha value is -1.11. The maximum atomic E-state index is 14.3. The molecule has 1 saturated heterocycles. The number of aromatic carboxylic acids is 1. The molecule has 0 spiro atoms. The summed E-state index contributed by atoms with van der Waals surface area (Å²) in [5, 5.41) is 9.10. The predicted molar refractivity (Wildman–Crippen MR) is 74.1 cm³/mol. The third kappa shape index (κ3) is 2.43. The van der Waals surface area contributed by atoms with Gasteiger partial charge in [0.25, 0.3) is 0 Å². The third-order valence-electron chi connectivity index (χ3n) is 3.80. The number of carbonyl (C=O) groups is 1. The summed E-state index contributed by atoms with van der Waals surface area (Å²) < 4.78 is 25.7. The highest BCUT2D eigenvalue weighted by atomic mass is 35.5. The van der Waals surface area contributed by atoms with E-state index < -0.39 is 35.7 Å². The van der Waals surface area contributed by atoms with Gasteiger partial charge in [-0.2, -0.15) is 0 Å². The molecule has 1 aromatic rings. The molecule has 1 aliphatic rings. The van der Waals surface area contributed by atoms with E-state index in [2.05, 4.69) is 0 Å². The van der Waals surface area contributed by atoms with Gasteiger partial charge >= 0.3 is 13.1 Å². The quantitative estimate of drug-likeness (QED) is 0.853. The second kappa shape index (κ2) is 4.72. The molecule has 0 aliphatic carbocycles. The molecule has 2 rings (SSSR count). The minimum absolute atomic E-state index is 0.00597. The first kappa shape index (κ1) is 15.3. The van der Waals surface area contributed by atoms with E-state index in [1.54, 1.807) is 0 Å². The summed E-state index contributed by atoms with van der Waals surface area (Å²) in [7, 11) is -0.989. The zero-order chi connectivity index (χ0) is 15.3. The van der Waals surface area contributed by atoms with Gasteiger partial charge in [0.2, 0.25) is 0 Å². The SMILES string of the molecule is CC1(C)OB(c2cc(Cl)cc(C(=O)O)c2F)OC1(C)C. The van der Waals surface area contributed by atoms with Crippen LogP contribution in [0.25, 0.3) is 0 Å². The molecule has 1 fully saturated rings. The first-order chi connectivity index (χ1) is 9.05. The van der Waals surface area contributed by atoms with E-state index in [9.17, 15) is 9.18 Å². The monoisotopic (exact) mass is 300 g/mol. The van der Waals surface area contributed by atoms with Crippen LogP contribution in [0.5, 0.6) is 0 Å². The predicted octanol–water partition coefficient (Wildman–Crippen LogP) is 2.48. The summed E-state index contributed by atoms with van der Waals surface area (Å²) in [6.07, 6.45) is 0. The van der Waals surface area contributed by atoms with Gasteiger partial charge in [-0.05, 0) is 39.8 Å². The fourth-order valence-corrected chi connectivity index (χ4v) is 2.13. The van der Waals surface area contributed by atoms with Crippen LogP contribution in [0.15, 0.2) is 12.1 Å². The summed E-state index contributed by atoms with van der Waals surface area (Å²) in [5.74, 6) is -2.27. The van der Waals surface area contributed by atoms with E-state index >= 15 is 0 Å². The lowest BCUT2D eigenvalue weighted by Crippen LogP contribution is -2.41. The maximum Gasteiger partial charge on any atom is 0.497 e. The molecule has 1 aromatic carbocycles. The third-order valence-corrected chi connectivity index (χ3v) is 4.02. The first-order valence-electron chi connectivity index (χ1n) is 6.13. The highest BCUT2D eigenvalue weighted by Crippen LogP contribution is 2.37. The summed E-state index contributed by atoms with van der Waals surface area (Å²) >= 11 is 5.85. The van der Waals surface area contributed by atoms with Crippen LogP contribution < -0.4 is 5.46 Å². The van der Waals surface area contributed by atoms with Crippen LogP contribution in [-0.4, -0.2) is 29.4 Å². The van der Waals surface area contributed by atoms with Crippen molar-refractivity contribution in [2.24, 2.45) is 0 Å². The largest absolute Gasteiger partial charge is 0.497 e. The lowest BCUT2D eigenvalue weighted by atomic mass is 9.78. The van der Waals surface area contributed by atoms with Crippen LogP contribution in [0.1, 0.15) is 38.1 Å². The topological polar surface area (TPSA) is 55.8 Å². The summed E-state index contributed by atoms with van der Waals surface area (Å²) in [5.41, 5.74) is -1.79. The van der Waals surface area contributed by atoms with E-state index in [1.807, 2.05) is 27.7 Å². The Bertz CT molecular complexity index is 558. The maximum absolute atomic E-state index is 14.3. The number of hydrogen-bond donors (Lipinski definition) is 1. The van der Waals surface area contributed by atoms with Crippen LogP contribution in [0.4, 0.5) is 4.39 Å². The minimum atomic E-state index is -1.39. The van der Waals surface area contributed by atoms with Gasteiger partial charge in [0.1, 0.15) is 5.82 Å². The molecule has 0 radical (unpaired) electrons. The van der Waals surface area contributed by atoms with Crippen molar-refractivity contribution in [3.05, 3.63) is 28.5 Å². The van der Waals surface area contributed by atoms with Crippen molar-refractivity contribution in [3.63, 3.8) is 0 Å². The van der Waals surface area contributed by atoms with Gasteiger partial charge in [0.05, 0.1) is 16.8 Å². The summed E-state index contributed by atoms with van der Waals surface area (Å²) in [6.45, 7) is 7.31. The molecule has 7 heteroatoms. The van der Waals surface area contributed by atoms with Crippen molar-refractivity contribution >= 4 is 30.2 Å². The van der Waals surface area contributed by atoms with E-state index in [-0.39, 0.29) is 10.5 Å². The molecule has 4 nitrogen and oxygen atoms in total. The smallest absolute Gasteiger partial charge is 0.478 e. The van der Waals surface area contributed by atoms with Crippen molar-refractivity contribution in [1.82, 2.24) is 0 Å². The average molecular weight is 301 g/mol. The lowest BCUT2D eigenvalue weighted by molar-refractivity contribution is 0.00578. The molecule has 20 heavy (non-hydrogen) atoms. The van der Waals surface area contributed by atoms with Gasteiger partial charge < -0.3 is 14.4 Å². The molecule has 0 saturated carbocycles. The van der Waals surface area contributed by atoms with Crippen molar-refractivity contribution < 1.29 is 23.6 Å². The molecule has 108 valence electrons.